The second-order valence-electron chi connectivity index (χ2n) is 5.30. The molecular formula is C16H14Cl2N2O4S. The van der Waals surface area contributed by atoms with Gasteiger partial charge in [-0.25, -0.2) is 8.42 Å². The number of sulfone groups is 1. The molecule has 0 saturated carbocycles. The van der Waals surface area contributed by atoms with Gasteiger partial charge in [0.25, 0.3) is 11.8 Å². The summed E-state index contributed by atoms with van der Waals surface area (Å²) in [5.41, 5.74) is 5.44. The van der Waals surface area contributed by atoms with Crippen LogP contribution in [0.5, 0.6) is 0 Å². The normalized spacial score (nSPS) is 11.0. The smallest absolute Gasteiger partial charge is 0.267 e. The van der Waals surface area contributed by atoms with Crippen molar-refractivity contribution in [3.8, 4) is 0 Å². The molecule has 2 amide bonds. The number of rotatable bonds is 4. The van der Waals surface area contributed by atoms with Gasteiger partial charge in [0.2, 0.25) is 0 Å². The summed E-state index contributed by atoms with van der Waals surface area (Å²) < 4.78 is 22.5. The first kappa shape index (κ1) is 19.2. The van der Waals surface area contributed by atoms with Crippen molar-refractivity contribution in [1.29, 1.82) is 0 Å². The number of carbonyl (C=O) groups is 2. The highest BCUT2D eigenvalue weighted by atomic mass is 35.5. The summed E-state index contributed by atoms with van der Waals surface area (Å²) >= 11 is 11.7. The van der Waals surface area contributed by atoms with Crippen LogP contribution in [0.4, 0.5) is 0 Å². The highest BCUT2D eigenvalue weighted by Gasteiger charge is 2.13. The third kappa shape index (κ3) is 5.74. The summed E-state index contributed by atoms with van der Waals surface area (Å²) in [7, 11) is -3.15. The van der Waals surface area contributed by atoms with Crippen LogP contribution in [0.25, 0.3) is 0 Å². The molecule has 6 nitrogen and oxygen atoms in total. The minimum absolute atomic E-state index is 0.112. The van der Waals surface area contributed by atoms with E-state index in [2.05, 4.69) is 10.9 Å². The van der Waals surface area contributed by atoms with Gasteiger partial charge in [0.15, 0.2) is 9.84 Å². The van der Waals surface area contributed by atoms with Crippen LogP contribution in [0, 0.1) is 0 Å². The lowest BCUT2D eigenvalue weighted by molar-refractivity contribution is 0.0847. The van der Waals surface area contributed by atoms with E-state index in [0.29, 0.717) is 10.6 Å². The Kier molecular flexibility index (Phi) is 6.05. The number of nitrogens with one attached hydrogen (secondary N) is 2. The Morgan fingerprint density at radius 3 is 2.16 bits per heavy atom. The molecular weight excluding hydrogens is 387 g/mol. The van der Waals surface area contributed by atoms with Gasteiger partial charge >= 0.3 is 0 Å². The Labute approximate surface area is 155 Å². The van der Waals surface area contributed by atoms with Crippen LogP contribution >= 0.6 is 23.2 Å². The monoisotopic (exact) mass is 400 g/mol. The molecule has 0 aliphatic rings. The van der Waals surface area contributed by atoms with E-state index in [-0.39, 0.29) is 21.9 Å². The number of hydrazine groups is 1. The van der Waals surface area contributed by atoms with Crippen LogP contribution in [-0.4, -0.2) is 26.5 Å². The molecule has 0 radical (unpaired) electrons. The summed E-state index contributed by atoms with van der Waals surface area (Å²) in [6.45, 7) is 0. The second kappa shape index (κ2) is 7.86. The summed E-state index contributed by atoms with van der Waals surface area (Å²) in [4.78, 5) is 24.1. The van der Waals surface area contributed by atoms with E-state index < -0.39 is 21.7 Å². The summed E-state index contributed by atoms with van der Waals surface area (Å²) in [6.07, 6.45) is 1.13. The second-order valence-corrected chi connectivity index (χ2v) is 8.28. The standard InChI is InChI=1S/C16H14Cl2N2O4S/c1-25(23,24)9-10-2-4-11(5-3-10)15(21)19-20-16(22)13-8-12(17)6-7-14(13)18/h2-8H,9H2,1H3,(H,19,21)(H,20,22). The fourth-order valence-electron chi connectivity index (χ4n) is 1.98. The maximum atomic E-state index is 12.0. The quantitative estimate of drug-likeness (QED) is 0.771. The zero-order valence-electron chi connectivity index (χ0n) is 13.0. The largest absolute Gasteiger partial charge is 0.271 e. The van der Waals surface area contributed by atoms with Crippen LogP contribution in [0.1, 0.15) is 26.3 Å². The van der Waals surface area contributed by atoms with Gasteiger partial charge in [-0.15, -0.1) is 0 Å². The third-order valence-corrected chi connectivity index (χ3v) is 4.53. The van der Waals surface area contributed by atoms with Gasteiger partial charge in [0.05, 0.1) is 16.3 Å². The van der Waals surface area contributed by atoms with Gasteiger partial charge in [0.1, 0.15) is 0 Å². The minimum atomic E-state index is -3.15. The van der Waals surface area contributed by atoms with Crippen molar-refractivity contribution >= 4 is 44.9 Å². The molecule has 9 heteroatoms. The lowest BCUT2D eigenvalue weighted by Crippen LogP contribution is -2.41. The zero-order valence-corrected chi connectivity index (χ0v) is 15.4. The van der Waals surface area contributed by atoms with Crippen LogP contribution < -0.4 is 10.9 Å². The number of hydrogen-bond donors (Lipinski definition) is 2. The van der Waals surface area contributed by atoms with Crippen LogP contribution in [0.15, 0.2) is 42.5 Å². The molecule has 0 atom stereocenters. The molecule has 0 fully saturated rings. The molecule has 2 aromatic rings. The van der Waals surface area contributed by atoms with Gasteiger partial charge in [-0.05, 0) is 35.9 Å². The molecule has 0 aliphatic carbocycles. The molecule has 2 aromatic carbocycles. The highest BCUT2D eigenvalue weighted by molar-refractivity contribution is 7.89. The molecule has 2 N–H and O–H groups in total. The van der Waals surface area contributed by atoms with E-state index in [1.165, 1.54) is 42.5 Å². The lowest BCUT2D eigenvalue weighted by atomic mass is 10.1. The molecule has 0 aromatic heterocycles. The summed E-state index contributed by atoms with van der Waals surface area (Å²) in [5, 5.41) is 0.531. The third-order valence-electron chi connectivity index (χ3n) is 3.11. The maximum absolute atomic E-state index is 12.0. The van der Waals surface area contributed by atoms with E-state index in [9.17, 15) is 18.0 Å². The van der Waals surface area contributed by atoms with Crippen molar-refractivity contribution < 1.29 is 18.0 Å². The van der Waals surface area contributed by atoms with Gasteiger partial charge in [-0.1, -0.05) is 35.3 Å². The number of benzene rings is 2. The van der Waals surface area contributed by atoms with Crippen LogP contribution in [0.2, 0.25) is 10.0 Å². The average molecular weight is 401 g/mol. The first-order valence-electron chi connectivity index (χ1n) is 6.98. The van der Waals surface area contributed by atoms with Gasteiger partial charge < -0.3 is 0 Å². The van der Waals surface area contributed by atoms with Crippen LogP contribution in [0.3, 0.4) is 0 Å². The van der Waals surface area contributed by atoms with Crippen LogP contribution in [-0.2, 0) is 15.6 Å². The predicted octanol–water partition coefficient (Wildman–Crippen LogP) is 2.61. The molecule has 0 aliphatic heterocycles. The Hall–Kier alpha value is -2.09. The lowest BCUT2D eigenvalue weighted by Gasteiger charge is -2.09. The van der Waals surface area contributed by atoms with E-state index in [1.807, 2.05) is 0 Å². The Morgan fingerprint density at radius 2 is 1.56 bits per heavy atom. The molecule has 0 saturated heterocycles. The topological polar surface area (TPSA) is 92.3 Å². The van der Waals surface area contributed by atoms with E-state index in [4.69, 9.17) is 23.2 Å². The fraction of sp³-hybridized carbons (Fsp3) is 0.125. The summed E-state index contributed by atoms with van der Waals surface area (Å²) in [5.74, 6) is -1.29. The van der Waals surface area contributed by atoms with Gasteiger partial charge in [0, 0.05) is 16.8 Å². The molecule has 0 unspecified atom stereocenters. The maximum Gasteiger partial charge on any atom is 0.271 e. The van der Waals surface area contributed by atoms with Crippen molar-refractivity contribution in [1.82, 2.24) is 10.9 Å². The number of hydrogen-bond acceptors (Lipinski definition) is 4. The Morgan fingerprint density at radius 1 is 0.960 bits per heavy atom. The van der Waals surface area contributed by atoms with Crippen molar-refractivity contribution in [2.45, 2.75) is 5.75 Å². The van der Waals surface area contributed by atoms with E-state index in [1.54, 1.807) is 0 Å². The number of amides is 2. The van der Waals surface area contributed by atoms with Crippen molar-refractivity contribution in [2.24, 2.45) is 0 Å². The van der Waals surface area contributed by atoms with Gasteiger partial charge in [-0.3, -0.25) is 20.4 Å². The fourth-order valence-corrected chi connectivity index (χ4v) is 3.15. The molecule has 0 spiro atoms. The first-order valence-corrected chi connectivity index (χ1v) is 9.80. The molecule has 0 bridgehead atoms. The van der Waals surface area contributed by atoms with Crippen molar-refractivity contribution in [3.63, 3.8) is 0 Å². The Balaban J connectivity index is 2.00. The molecule has 25 heavy (non-hydrogen) atoms. The molecule has 0 heterocycles. The van der Waals surface area contributed by atoms with E-state index in [0.717, 1.165) is 6.26 Å². The predicted molar refractivity (Wildman–Crippen MR) is 96.4 cm³/mol. The van der Waals surface area contributed by atoms with Crippen molar-refractivity contribution in [3.05, 3.63) is 69.2 Å². The number of carbonyl (C=O) groups excluding carboxylic acids is 2. The molecule has 2 rings (SSSR count). The zero-order chi connectivity index (χ0) is 18.6. The van der Waals surface area contributed by atoms with Gasteiger partial charge in [-0.2, -0.15) is 0 Å². The number of halogens is 2. The highest BCUT2D eigenvalue weighted by Crippen LogP contribution is 2.20. The SMILES string of the molecule is CS(=O)(=O)Cc1ccc(C(=O)NNC(=O)c2cc(Cl)ccc2Cl)cc1. The average Bonchev–Trinajstić information content (AvgIpc) is 2.53. The van der Waals surface area contributed by atoms with Crippen molar-refractivity contribution in [2.75, 3.05) is 6.26 Å². The Bertz CT molecular complexity index is 912. The first-order chi connectivity index (χ1) is 11.7. The van der Waals surface area contributed by atoms with E-state index >= 15 is 0 Å². The summed E-state index contributed by atoms with van der Waals surface area (Å²) in [6, 6.07) is 10.4. The minimum Gasteiger partial charge on any atom is -0.267 e. The molecule has 132 valence electrons.